The van der Waals surface area contributed by atoms with Crippen molar-refractivity contribution in [2.75, 3.05) is 56.6 Å². The number of rotatable bonds is 10. The van der Waals surface area contributed by atoms with E-state index in [2.05, 4.69) is 32.1 Å². The van der Waals surface area contributed by atoms with E-state index in [1.165, 1.54) is 24.4 Å². The first-order valence-electron chi connectivity index (χ1n) is 15.6. The fraction of sp³-hybridized carbons (Fsp3) is 0.343. The van der Waals surface area contributed by atoms with E-state index in [4.69, 9.17) is 16.3 Å². The Labute approximate surface area is 287 Å². The van der Waals surface area contributed by atoms with Crippen molar-refractivity contribution < 1.29 is 32.2 Å². The van der Waals surface area contributed by atoms with E-state index in [0.717, 1.165) is 54.8 Å². The maximum Gasteiger partial charge on any atom is 0.416 e. The number of benzene rings is 3. The highest BCUT2D eigenvalue weighted by Crippen LogP contribution is 2.42. The zero-order chi connectivity index (χ0) is 35.5. The summed E-state index contributed by atoms with van der Waals surface area (Å²) in [6.45, 7) is 10.1. The predicted molar refractivity (Wildman–Crippen MR) is 178 cm³/mol. The number of aromatic nitrogens is 2. The number of hydrogen-bond donors (Lipinski definition) is 1. The van der Waals surface area contributed by atoms with Crippen LogP contribution in [-0.2, 0) is 6.18 Å². The van der Waals surface area contributed by atoms with Crippen molar-refractivity contribution in [1.29, 1.82) is 0 Å². The molecule has 4 aromatic rings. The van der Waals surface area contributed by atoms with Crippen molar-refractivity contribution in [3.63, 3.8) is 0 Å². The number of carboxylic acid groups (broad SMARTS) is 1. The van der Waals surface area contributed by atoms with Gasteiger partial charge in [-0.05, 0) is 86.5 Å². The number of halogens is 5. The van der Waals surface area contributed by atoms with Crippen molar-refractivity contribution >= 4 is 35.1 Å². The number of carbonyl (C=O) groups excluding carboxylic acids is 1. The zero-order valence-corrected chi connectivity index (χ0v) is 28.2. The summed E-state index contributed by atoms with van der Waals surface area (Å²) in [6, 6.07) is 10.5. The minimum atomic E-state index is -4.72. The van der Waals surface area contributed by atoms with E-state index >= 15 is 4.39 Å². The number of amides is 1. The van der Waals surface area contributed by atoms with Gasteiger partial charge in [-0.1, -0.05) is 29.3 Å². The van der Waals surface area contributed by atoms with Crippen LogP contribution in [0.3, 0.4) is 0 Å². The standard InChI is InChI=1S/C35H37ClF4N6O3/c1-21-17-22(2)31(23(3)18-21)32(26-19-24(35(38,39)40)5-7-27(26)36)46(34(47)48)30-9-10-41-33(43-30)42-25-6-8-29(28(37)20-25)49-16-15-45-13-11-44(4)12-14-45/h5-10,17-20,32H,11-16H2,1-4H3,(H,47,48)(H,41,42,43)/p-1. The van der Waals surface area contributed by atoms with Gasteiger partial charge in [0.05, 0.1) is 11.6 Å². The van der Waals surface area contributed by atoms with Crippen LogP contribution in [0.1, 0.15) is 39.4 Å². The lowest BCUT2D eigenvalue weighted by molar-refractivity contribution is -0.247. The molecule has 1 aliphatic heterocycles. The Morgan fingerprint density at radius 2 is 1.73 bits per heavy atom. The zero-order valence-electron chi connectivity index (χ0n) is 27.4. The maximum absolute atomic E-state index is 15.0. The lowest BCUT2D eigenvalue weighted by atomic mass is 9.88. The number of ether oxygens (including phenoxy) is 1. The molecule has 9 nitrogen and oxygen atoms in total. The number of alkyl halides is 3. The molecule has 0 saturated carbocycles. The molecule has 1 unspecified atom stereocenters. The Morgan fingerprint density at radius 1 is 1.04 bits per heavy atom. The summed E-state index contributed by atoms with van der Waals surface area (Å²) in [7, 11) is 2.07. The highest BCUT2D eigenvalue weighted by Gasteiger charge is 2.35. The highest BCUT2D eigenvalue weighted by molar-refractivity contribution is 6.31. The summed E-state index contributed by atoms with van der Waals surface area (Å²) in [5.74, 6) is -0.861. The monoisotopic (exact) mass is 699 g/mol. The van der Waals surface area contributed by atoms with E-state index in [0.29, 0.717) is 29.8 Å². The lowest BCUT2D eigenvalue weighted by Crippen LogP contribution is -2.45. The molecule has 1 atom stereocenters. The van der Waals surface area contributed by atoms with Crippen LogP contribution in [0.5, 0.6) is 5.75 Å². The van der Waals surface area contributed by atoms with Gasteiger partial charge in [0.1, 0.15) is 18.5 Å². The van der Waals surface area contributed by atoms with Gasteiger partial charge < -0.3 is 29.8 Å². The third-order valence-electron chi connectivity index (χ3n) is 8.42. The Hall–Kier alpha value is -4.46. The molecule has 2 heterocycles. The van der Waals surface area contributed by atoms with Crippen LogP contribution >= 0.6 is 11.6 Å². The van der Waals surface area contributed by atoms with Gasteiger partial charge in [-0.2, -0.15) is 18.2 Å². The predicted octanol–water partition coefficient (Wildman–Crippen LogP) is 6.52. The molecule has 1 aromatic heterocycles. The number of nitrogens with zero attached hydrogens (tertiary/aromatic N) is 5. The SMILES string of the molecule is Cc1cc(C)c(C(c2cc(C(F)(F)F)ccc2Cl)N(C(=O)[O-])c2ccnc(Nc3ccc(OCCN4CCN(C)CC4)c(F)c3)n2)c(C)c1. The Bertz CT molecular complexity index is 1790. The number of hydrogen-bond acceptors (Lipinski definition) is 8. The molecule has 1 fully saturated rings. The third kappa shape index (κ3) is 8.59. The molecular weight excluding hydrogens is 664 g/mol. The van der Waals surface area contributed by atoms with Gasteiger partial charge in [-0.25, -0.2) is 9.37 Å². The Kier molecular flexibility index (Phi) is 11.0. The van der Waals surface area contributed by atoms with Crippen LogP contribution in [0.15, 0.2) is 60.8 Å². The third-order valence-corrected chi connectivity index (χ3v) is 8.77. The molecule has 1 aliphatic rings. The number of anilines is 3. The second-order valence-electron chi connectivity index (χ2n) is 12.1. The first-order valence-corrected chi connectivity index (χ1v) is 16.0. The van der Waals surface area contributed by atoms with Gasteiger partial charge in [0, 0.05) is 55.7 Å². The Balaban J connectivity index is 1.45. The van der Waals surface area contributed by atoms with Crippen LogP contribution in [0.2, 0.25) is 5.02 Å². The van der Waals surface area contributed by atoms with Crippen LogP contribution in [0.4, 0.5) is 39.8 Å². The van der Waals surface area contributed by atoms with E-state index < -0.39 is 29.7 Å². The quantitative estimate of drug-likeness (QED) is 0.187. The smallest absolute Gasteiger partial charge is 0.416 e. The summed E-state index contributed by atoms with van der Waals surface area (Å²) < 4.78 is 62.3. The first kappa shape index (κ1) is 35.8. The van der Waals surface area contributed by atoms with Gasteiger partial charge in [-0.15, -0.1) is 0 Å². The van der Waals surface area contributed by atoms with Crippen molar-refractivity contribution in [1.82, 2.24) is 19.8 Å². The van der Waals surface area contributed by atoms with Crippen molar-refractivity contribution in [3.8, 4) is 5.75 Å². The largest absolute Gasteiger partial charge is 0.530 e. The topological polar surface area (TPSA) is 96.9 Å². The molecule has 0 spiro atoms. The molecule has 14 heteroatoms. The molecule has 0 bridgehead atoms. The van der Waals surface area contributed by atoms with Gasteiger partial charge in [0.2, 0.25) is 5.95 Å². The Morgan fingerprint density at radius 3 is 2.37 bits per heavy atom. The second-order valence-corrected chi connectivity index (χ2v) is 12.5. The van der Waals surface area contributed by atoms with Crippen LogP contribution in [0, 0.1) is 26.6 Å². The van der Waals surface area contributed by atoms with E-state index in [1.807, 2.05) is 6.92 Å². The number of nitrogens with one attached hydrogen (secondary N) is 1. The number of likely N-dealkylation sites (N-methyl/N-ethyl adjacent to an activating group) is 1. The average molecular weight is 700 g/mol. The first-order chi connectivity index (χ1) is 23.2. The van der Waals surface area contributed by atoms with Crippen LogP contribution in [0.25, 0.3) is 0 Å². The second kappa shape index (κ2) is 15.0. The fourth-order valence-corrected chi connectivity index (χ4v) is 6.25. The minimum absolute atomic E-state index is 0.0714. The van der Waals surface area contributed by atoms with Crippen LogP contribution in [-0.4, -0.2) is 72.2 Å². The average Bonchev–Trinajstić information content (AvgIpc) is 3.02. The summed E-state index contributed by atoms with van der Waals surface area (Å²) in [5.41, 5.74) is 1.66. The number of piperazine rings is 1. The number of aryl methyl sites for hydroxylation is 3. The highest BCUT2D eigenvalue weighted by atomic mass is 35.5. The van der Waals surface area contributed by atoms with Gasteiger partial charge in [0.25, 0.3) is 0 Å². The molecule has 0 radical (unpaired) electrons. The van der Waals surface area contributed by atoms with Gasteiger partial charge >= 0.3 is 6.18 Å². The molecule has 260 valence electrons. The van der Waals surface area contributed by atoms with Crippen LogP contribution < -0.4 is 20.1 Å². The summed E-state index contributed by atoms with van der Waals surface area (Å²) in [6.07, 6.45) is -5.20. The van der Waals surface area contributed by atoms with E-state index in [9.17, 15) is 23.1 Å². The molecule has 1 saturated heterocycles. The van der Waals surface area contributed by atoms with Crippen molar-refractivity contribution in [2.45, 2.75) is 33.0 Å². The normalized spacial score (nSPS) is 14.8. The summed E-state index contributed by atoms with van der Waals surface area (Å²) in [5, 5.41) is 15.7. The molecule has 1 N–H and O–H groups in total. The van der Waals surface area contributed by atoms with E-state index in [1.54, 1.807) is 32.0 Å². The number of carbonyl (C=O) groups is 1. The van der Waals surface area contributed by atoms with Crippen molar-refractivity contribution in [2.24, 2.45) is 0 Å². The molecule has 5 rings (SSSR count). The molecule has 1 amide bonds. The molecular formula is C35H36ClF4N6O3-. The van der Waals surface area contributed by atoms with Crippen molar-refractivity contribution in [3.05, 3.63) is 105 Å². The summed E-state index contributed by atoms with van der Waals surface area (Å²) >= 11 is 6.50. The molecule has 0 aliphatic carbocycles. The molecule has 3 aromatic carbocycles. The molecule has 49 heavy (non-hydrogen) atoms. The fourth-order valence-electron chi connectivity index (χ4n) is 6.03. The van der Waals surface area contributed by atoms with E-state index in [-0.39, 0.29) is 33.8 Å². The lowest BCUT2D eigenvalue weighted by Gasteiger charge is -2.36. The summed E-state index contributed by atoms with van der Waals surface area (Å²) in [4.78, 5) is 26.7. The minimum Gasteiger partial charge on any atom is -0.530 e. The van der Waals surface area contributed by atoms with Gasteiger partial charge in [0.15, 0.2) is 11.6 Å². The van der Waals surface area contributed by atoms with Gasteiger partial charge in [-0.3, -0.25) is 4.90 Å². The maximum atomic E-state index is 15.0.